The zero-order valence-corrected chi connectivity index (χ0v) is 15.3. The maximum atomic E-state index is 13.8. The number of rotatable bonds is 6. The Hall–Kier alpha value is -3.36. The summed E-state index contributed by atoms with van der Waals surface area (Å²) in [6.07, 6.45) is 0. The molecule has 0 spiro atoms. The molecule has 1 amide bonds. The zero-order valence-electron chi connectivity index (χ0n) is 15.3. The smallest absolute Gasteiger partial charge is 0.338 e. The number of hydrogen-bond acceptors (Lipinski definition) is 5. The van der Waals surface area contributed by atoms with Crippen LogP contribution in [0, 0.1) is 11.6 Å². The molecule has 1 aromatic heterocycles. The van der Waals surface area contributed by atoms with Gasteiger partial charge in [-0.15, -0.1) is 5.10 Å². The Bertz CT molecular complexity index is 1040. The summed E-state index contributed by atoms with van der Waals surface area (Å²) in [5, 5.41) is 10.4. The molecule has 0 aliphatic carbocycles. The van der Waals surface area contributed by atoms with Crippen molar-refractivity contribution in [3.63, 3.8) is 0 Å². The highest BCUT2D eigenvalue weighted by Gasteiger charge is 2.17. The molecule has 7 nitrogen and oxygen atoms in total. The predicted molar refractivity (Wildman–Crippen MR) is 96.4 cm³/mol. The molecule has 0 radical (unpaired) electrons. The number of ether oxygens (including phenoxy) is 1. The predicted octanol–water partition coefficient (Wildman–Crippen LogP) is 2.76. The van der Waals surface area contributed by atoms with Crippen LogP contribution in [0.4, 0.5) is 8.78 Å². The van der Waals surface area contributed by atoms with Crippen LogP contribution >= 0.6 is 0 Å². The Labute approximate surface area is 159 Å². The summed E-state index contributed by atoms with van der Waals surface area (Å²) in [4.78, 5) is 24.1. The lowest BCUT2D eigenvalue weighted by Gasteiger charge is -2.15. The highest BCUT2D eigenvalue weighted by molar-refractivity contribution is 5.94. The second kappa shape index (κ2) is 8.12. The van der Waals surface area contributed by atoms with E-state index >= 15 is 0 Å². The van der Waals surface area contributed by atoms with Gasteiger partial charge in [0.15, 0.2) is 6.61 Å². The summed E-state index contributed by atoms with van der Waals surface area (Å²) in [6, 6.07) is 7.18. The normalized spacial score (nSPS) is 12.0. The number of aromatic nitrogens is 3. The molecule has 1 heterocycles. The average molecular weight is 388 g/mol. The molecule has 0 bridgehead atoms. The fourth-order valence-electron chi connectivity index (χ4n) is 2.76. The van der Waals surface area contributed by atoms with E-state index in [2.05, 4.69) is 15.6 Å². The highest BCUT2D eigenvalue weighted by atomic mass is 19.1. The third-order valence-corrected chi connectivity index (χ3v) is 4.19. The van der Waals surface area contributed by atoms with E-state index in [4.69, 9.17) is 4.74 Å². The molecule has 2 aromatic carbocycles. The first-order valence-corrected chi connectivity index (χ1v) is 8.63. The van der Waals surface area contributed by atoms with Gasteiger partial charge in [0.2, 0.25) is 0 Å². The van der Waals surface area contributed by atoms with Crippen LogP contribution in [0.1, 0.15) is 35.8 Å². The van der Waals surface area contributed by atoms with Gasteiger partial charge in [0.05, 0.1) is 17.1 Å². The van der Waals surface area contributed by atoms with E-state index in [9.17, 15) is 18.4 Å². The molecular formula is C19H18F2N4O3. The van der Waals surface area contributed by atoms with Crippen molar-refractivity contribution < 1.29 is 23.1 Å². The van der Waals surface area contributed by atoms with Crippen molar-refractivity contribution in [2.24, 2.45) is 0 Å². The number of hydrogen-bond donors (Lipinski definition) is 1. The SMILES string of the molecule is CCn1nnc2cc(C(=O)OCC(=O)N[C@H](C)c3ccc(F)cc3F)ccc21. The Morgan fingerprint density at radius 3 is 2.71 bits per heavy atom. The Balaban J connectivity index is 1.58. The standard InChI is InChI=1S/C19H18F2N4O3/c1-3-25-17-7-4-12(8-16(17)23-24-25)19(27)28-10-18(26)22-11(2)14-6-5-13(20)9-15(14)21/h4-9,11H,3,10H2,1-2H3,(H,22,26)/t11-/m1/s1. The number of amides is 1. The minimum atomic E-state index is -0.766. The minimum absolute atomic E-state index is 0.130. The van der Waals surface area contributed by atoms with Gasteiger partial charge in [-0.1, -0.05) is 11.3 Å². The minimum Gasteiger partial charge on any atom is -0.452 e. The van der Waals surface area contributed by atoms with Crippen LogP contribution in [-0.4, -0.2) is 33.5 Å². The van der Waals surface area contributed by atoms with E-state index < -0.39 is 36.2 Å². The van der Waals surface area contributed by atoms with Crippen LogP contribution < -0.4 is 5.32 Å². The van der Waals surface area contributed by atoms with Crippen LogP contribution in [0.25, 0.3) is 11.0 Å². The molecule has 1 N–H and O–H groups in total. The van der Waals surface area contributed by atoms with Gasteiger partial charge >= 0.3 is 5.97 Å². The number of nitrogens with one attached hydrogen (secondary N) is 1. The van der Waals surface area contributed by atoms with Crippen LogP contribution in [0.3, 0.4) is 0 Å². The third-order valence-electron chi connectivity index (χ3n) is 4.19. The first-order chi connectivity index (χ1) is 13.4. The van der Waals surface area contributed by atoms with E-state index in [1.54, 1.807) is 23.7 Å². The average Bonchev–Trinajstić information content (AvgIpc) is 3.08. The van der Waals surface area contributed by atoms with Crippen molar-refractivity contribution in [2.75, 3.05) is 6.61 Å². The van der Waals surface area contributed by atoms with E-state index in [0.29, 0.717) is 12.1 Å². The molecule has 28 heavy (non-hydrogen) atoms. The molecular weight excluding hydrogens is 370 g/mol. The van der Waals surface area contributed by atoms with E-state index in [-0.39, 0.29) is 11.1 Å². The van der Waals surface area contributed by atoms with Gasteiger partial charge in [0, 0.05) is 18.2 Å². The van der Waals surface area contributed by atoms with Gasteiger partial charge in [-0.05, 0) is 38.1 Å². The number of halogens is 2. The molecule has 3 aromatic rings. The molecule has 0 aliphatic rings. The van der Waals surface area contributed by atoms with Crippen LogP contribution in [-0.2, 0) is 16.1 Å². The number of aryl methyl sites for hydroxylation is 1. The maximum Gasteiger partial charge on any atom is 0.338 e. The van der Waals surface area contributed by atoms with Gasteiger partial charge in [-0.25, -0.2) is 18.3 Å². The molecule has 0 saturated carbocycles. The van der Waals surface area contributed by atoms with Crippen LogP contribution in [0.15, 0.2) is 36.4 Å². The van der Waals surface area contributed by atoms with Gasteiger partial charge in [-0.2, -0.15) is 0 Å². The van der Waals surface area contributed by atoms with Gasteiger partial charge < -0.3 is 10.1 Å². The third kappa shape index (κ3) is 4.13. The second-order valence-electron chi connectivity index (χ2n) is 6.14. The van der Waals surface area contributed by atoms with Crippen molar-refractivity contribution in [2.45, 2.75) is 26.4 Å². The summed E-state index contributed by atoms with van der Waals surface area (Å²) in [5.74, 6) is -2.77. The van der Waals surface area contributed by atoms with Gasteiger partial charge in [0.1, 0.15) is 17.2 Å². The number of esters is 1. The van der Waals surface area contributed by atoms with Crippen molar-refractivity contribution in [3.05, 3.63) is 59.2 Å². The Morgan fingerprint density at radius 1 is 1.21 bits per heavy atom. The molecule has 9 heteroatoms. The first kappa shape index (κ1) is 19.4. The summed E-state index contributed by atoms with van der Waals surface area (Å²) < 4.78 is 33.4. The van der Waals surface area contributed by atoms with Crippen LogP contribution in [0.2, 0.25) is 0 Å². The first-order valence-electron chi connectivity index (χ1n) is 8.63. The summed E-state index contributed by atoms with van der Waals surface area (Å²) >= 11 is 0. The lowest BCUT2D eigenvalue weighted by Crippen LogP contribution is -2.31. The molecule has 0 fully saturated rings. The molecule has 0 aliphatic heterocycles. The van der Waals surface area contributed by atoms with Crippen molar-refractivity contribution in [1.82, 2.24) is 20.3 Å². The molecule has 0 unspecified atom stereocenters. The van der Waals surface area contributed by atoms with Crippen LogP contribution in [0.5, 0.6) is 0 Å². The number of carbonyl (C=O) groups is 2. The molecule has 3 rings (SSSR count). The number of carbonyl (C=O) groups excluding carboxylic acids is 2. The van der Waals surface area contributed by atoms with Crippen molar-refractivity contribution in [1.29, 1.82) is 0 Å². The summed E-state index contributed by atoms with van der Waals surface area (Å²) in [5.41, 5.74) is 1.69. The fourth-order valence-corrected chi connectivity index (χ4v) is 2.76. The highest BCUT2D eigenvalue weighted by Crippen LogP contribution is 2.18. The van der Waals surface area contributed by atoms with Crippen molar-refractivity contribution >= 4 is 22.9 Å². The summed E-state index contributed by atoms with van der Waals surface area (Å²) in [6.45, 7) is 3.58. The molecule has 146 valence electrons. The lowest BCUT2D eigenvalue weighted by atomic mass is 10.1. The fraction of sp³-hybridized carbons (Fsp3) is 0.263. The lowest BCUT2D eigenvalue weighted by molar-refractivity contribution is -0.124. The topological polar surface area (TPSA) is 86.1 Å². The summed E-state index contributed by atoms with van der Waals surface area (Å²) in [7, 11) is 0. The Morgan fingerprint density at radius 2 is 2.00 bits per heavy atom. The van der Waals surface area contributed by atoms with Gasteiger partial charge in [-0.3, -0.25) is 4.79 Å². The largest absolute Gasteiger partial charge is 0.452 e. The number of nitrogens with zero attached hydrogens (tertiary/aromatic N) is 3. The molecule has 1 atom stereocenters. The van der Waals surface area contributed by atoms with Gasteiger partial charge in [0.25, 0.3) is 5.91 Å². The molecule has 0 saturated heterocycles. The number of fused-ring (bicyclic) bond motifs is 1. The monoisotopic (exact) mass is 388 g/mol. The quantitative estimate of drug-likeness (QED) is 0.657. The number of benzene rings is 2. The van der Waals surface area contributed by atoms with E-state index in [1.807, 2.05) is 6.92 Å². The second-order valence-corrected chi connectivity index (χ2v) is 6.14. The van der Waals surface area contributed by atoms with E-state index in [0.717, 1.165) is 17.6 Å². The maximum absolute atomic E-state index is 13.8. The van der Waals surface area contributed by atoms with E-state index in [1.165, 1.54) is 12.1 Å². The Kier molecular flexibility index (Phi) is 5.62. The zero-order chi connectivity index (χ0) is 20.3. The van der Waals surface area contributed by atoms with Crippen molar-refractivity contribution in [3.8, 4) is 0 Å².